The largest absolute Gasteiger partial charge is 0.452 e. The van der Waals surface area contributed by atoms with E-state index in [0.29, 0.717) is 11.3 Å². The fourth-order valence-electron chi connectivity index (χ4n) is 3.28. The van der Waals surface area contributed by atoms with E-state index in [1.807, 2.05) is 53.0 Å². The van der Waals surface area contributed by atoms with Gasteiger partial charge in [0.2, 0.25) is 0 Å². The fraction of sp³-hybridized carbons (Fsp3) is 0.227. The second kappa shape index (κ2) is 10.1. The van der Waals surface area contributed by atoms with Crippen molar-refractivity contribution in [3.05, 3.63) is 64.8 Å². The summed E-state index contributed by atoms with van der Waals surface area (Å²) in [5.41, 5.74) is 2.20. The second-order valence-corrected chi connectivity index (χ2v) is 9.85. The topological polar surface area (TPSA) is 84.1 Å². The van der Waals surface area contributed by atoms with Gasteiger partial charge in [0.25, 0.3) is 5.91 Å². The Morgan fingerprint density at radius 1 is 1.23 bits per heavy atom. The molecule has 1 aliphatic rings. The number of carbonyl (C=O) groups excluding carboxylic acids is 2. The number of hydrogen-bond acceptors (Lipinski definition) is 7. The first kappa shape index (κ1) is 21.6. The fourth-order valence-corrected chi connectivity index (χ4v) is 6.38. The van der Waals surface area contributed by atoms with Gasteiger partial charge in [-0.2, -0.15) is 17.0 Å². The number of hydrogen-bond donors (Lipinski definition) is 1. The maximum absolute atomic E-state index is 13.0. The summed E-state index contributed by atoms with van der Waals surface area (Å²) in [6, 6.07) is 13.1. The number of nitrogens with zero attached hydrogens (tertiary/aromatic N) is 2. The number of aromatic nitrogens is 1. The third kappa shape index (κ3) is 4.98. The molecule has 9 heteroatoms. The lowest BCUT2D eigenvalue weighted by Crippen LogP contribution is -2.22. The number of rotatable bonds is 7. The van der Waals surface area contributed by atoms with Gasteiger partial charge in [-0.1, -0.05) is 12.1 Å². The molecule has 6 nitrogen and oxygen atoms in total. The highest BCUT2D eigenvalue weighted by molar-refractivity contribution is 7.99. The minimum absolute atomic E-state index is 0.283. The zero-order valence-electron chi connectivity index (χ0n) is 16.5. The summed E-state index contributed by atoms with van der Waals surface area (Å²) in [7, 11) is 0. The molecule has 0 saturated heterocycles. The molecule has 0 saturated carbocycles. The Bertz CT molecular complexity index is 1130. The molecule has 31 heavy (non-hydrogen) atoms. The average molecular weight is 470 g/mol. The molecular weight excluding hydrogens is 450 g/mol. The van der Waals surface area contributed by atoms with Gasteiger partial charge in [-0.05, 0) is 42.0 Å². The number of carbonyl (C=O) groups is 2. The van der Waals surface area contributed by atoms with Crippen LogP contribution in [0.25, 0.3) is 5.00 Å². The average Bonchev–Trinajstić information content (AvgIpc) is 3.44. The number of para-hydroxylation sites is 1. The highest BCUT2D eigenvalue weighted by atomic mass is 32.2. The maximum Gasteiger partial charge on any atom is 0.341 e. The summed E-state index contributed by atoms with van der Waals surface area (Å²) in [6.45, 7) is -0.374. The van der Waals surface area contributed by atoms with Crippen LogP contribution < -0.4 is 5.32 Å². The van der Waals surface area contributed by atoms with E-state index in [0.717, 1.165) is 33.4 Å². The van der Waals surface area contributed by atoms with Gasteiger partial charge in [-0.15, -0.1) is 23.1 Å². The van der Waals surface area contributed by atoms with Crippen LogP contribution in [0.5, 0.6) is 0 Å². The minimum Gasteiger partial charge on any atom is -0.452 e. The van der Waals surface area contributed by atoms with E-state index in [-0.39, 0.29) is 12.4 Å². The Labute approximate surface area is 192 Å². The lowest BCUT2D eigenvalue weighted by molar-refractivity contribution is -0.119. The molecule has 0 atom stereocenters. The molecule has 0 unspecified atom stereocenters. The number of esters is 1. The monoisotopic (exact) mass is 469 g/mol. The van der Waals surface area contributed by atoms with Crippen LogP contribution in [0, 0.1) is 11.3 Å². The highest BCUT2D eigenvalue weighted by Gasteiger charge is 2.27. The number of benzene rings is 1. The van der Waals surface area contributed by atoms with Gasteiger partial charge in [-0.3, -0.25) is 4.79 Å². The molecule has 0 bridgehead atoms. The summed E-state index contributed by atoms with van der Waals surface area (Å²) < 4.78 is 7.35. The Morgan fingerprint density at radius 3 is 2.84 bits per heavy atom. The molecule has 0 aliphatic carbocycles. The van der Waals surface area contributed by atoms with Gasteiger partial charge in [0.1, 0.15) is 5.00 Å². The van der Waals surface area contributed by atoms with Crippen LogP contribution in [-0.4, -0.2) is 34.6 Å². The number of nitrogens with one attached hydrogen (secondary N) is 1. The standard InChI is InChI=1S/C22H19N3O3S3/c23-8-12-30-17-6-2-1-5-16(17)24-19(26)13-28-22(27)20-15-7-11-29-14-18(15)31-21(20)25-9-3-4-10-25/h1-6,9-10H,7,11-14H2,(H,24,26). The summed E-state index contributed by atoms with van der Waals surface area (Å²) in [4.78, 5) is 27.4. The number of nitriles is 1. The predicted molar refractivity (Wildman–Crippen MR) is 125 cm³/mol. The van der Waals surface area contributed by atoms with E-state index in [2.05, 4.69) is 11.4 Å². The molecule has 4 rings (SSSR count). The summed E-state index contributed by atoms with van der Waals surface area (Å²) in [6.07, 6.45) is 4.63. The van der Waals surface area contributed by atoms with E-state index in [1.54, 1.807) is 23.5 Å². The van der Waals surface area contributed by atoms with Gasteiger partial charge < -0.3 is 14.6 Å². The third-order valence-corrected chi connectivity index (χ3v) is 7.99. The molecule has 158 valence electrons. The zero-order chi connectivity index (χ0) is 21.6. The molecule has 2 aromatic heterocycles. The van der Waals surface area contributed by atoms with Crippen molar-refractivity contribution in [2.24, 2.45) is 0 Å². The van der Waals surface area contributed by atoms with Crippen molar-refractivity contribution in [3.63, 3.8) is 0 Å². The lowest BCUT2D eigenvalue weighted by Gasteiger charge is -2.13. The smallest absolute Gasteiger partial charge is 0.341 e. The molecule has 3 heterocycles. The molecule has 0 fully saturated rings. The van der Waals surface area contributed by atoms with Gasteiger partial charge in [0.05, 0.1) is 23.1 Å². The number of fused-ring (bicyclic) bond motifs is 1. The molecule has 1 aliphatic heterocycles. The number of anilines is 1. The number of thiophene rings is 1. The quantitative estimate of drug-likeness (QED) is 0.397. The van der Waals surface area contributed by atoms with E-state index in [9.17, 15) is 9.59 Å². The van der Waals surface area contributed by atoms with Crippen LogP contribution in [0.1, 0.15) is 20.8 Å². The van der Waals surface area contributed by atoms with Crippen LogP contribution in [0.15, 0.2) is 53.7 Å². The first-order chi connectivity index (χ1) is 15.2. The van der Waals surface area contributed by atoms with Crippen molar-refractivity contribution in [2.45, 2.75) is 17.1 Å². The van der Waals surface area contributed by atoms with Crippen LogP contribution in [0.2, 0.25) is 0 Å². The highest BCUT2D eigenvalue weighted by Crippen LogP contribution is 2.38. The first-order valence-corrected chi connectivity index (χ1v) is 12.5. The normalized spacial score (nSPS) is 12.6. The molecule has 0 spiro atoms. The van der Waals surface area contributed by atoms with Gasteiger partial charge >= 0.3 is 5.97 Å². The van der Waals surface area contributed by atoms with Gasteiger partial charge in [0.15, 0.2) is 6.61 Å². The van der Waals surface area contributed by atoms with E-state index in [4.69, 9.17) is 10.00 Å². The molecular formula is C22H19N3O3S3. The summed E-state index contributed by atoms with van der Waals surface area (Å²) in [5.74, 6) is 1.24. The Kier molecular flexibility index (Phi) is 7.02. The van der Waals surface area contributed by atoms with Crippen LogP contribution >= 0.6 is 34.9 Å². The second-order valence-electron chi connectivity index (χ2n) is 6.64. The SMILES string of the molecule is N#CCSc1ccccc1NC(=O)COC(=O)c1c(-n2cccc2)sc2c1CCSC2. The van der Waals surface area contributed by atoms with Crippen molar-refractivity contribution in [3.8, 4) is 11.1 Å². The number of thioether (sulfide) groups is 2. The van der Waals surface area contributed by atoms with E-state index < -0.39 is 11.9 Å². The molecule has 1 N–H and O–H groups in total. The number of amides is 1. The molecule has 0 radical (unpaired) electrons. The van der Waals surface area contributed by atoms with Crippen molar-refractivity contribution in [1.82, 2.24) is 4.57 Å². The van der Waals surface area contributed by atoms with Gasteiger partial charge in [0, 0.05) is 27.9 Å². The molecule has 1 amide bonds. The molecule has 1 aromatic carbocycles. The van der Waals surface area contributed by atoms with Crippen LogP contribution in [0.4, 0.5) is 5.69 Å². The predicted octanol–water partition coefficient (Wildman–Crippen LogP) is 4.74. The Balaban J connectivity index is 1.47. The lowest BCUT2D eigenvalue weighted by atomic mass is 10.1. The van der Waals surface area contributed by atoms with E-state index >= 15 is 0 Å². The Hall–Kier alpha value is -2.67. The first-order valence-electron chi connectivity index (χ1n) is 9.58. The number of ether oxygens (including phenoxy) is 1. The third-order valence-electron chi connectivity index (χ3n) is 4.63. The molecule has 3 aromatic rings. The van der Waals surface area contributed by atoms with Crippen LogP contribution in [-0.2, 0) is 21.7 Å². The van der Waals surface area contributed by atoms with E-state index in [1.165, 1.54) is 16.6 Å². The van der Waals surface area contributed by atoms with Gasteiger partial charge in [-0.25, -0.2) is 4.79 Å². The van der Waals surface area contributed by atoms with Crippen molar-refractivity contribution < 1.29 is 14.3 Å². The van der Waals surface area contributed by atoms with Crippen LogP contribution in [0.3, 0.4) is 0 Å². The van der Waals surface area contributed by atoms with Crippen molar-refractivity contribution in [2.75, 3.05) is 23.4 Å². The summed E-state index contributed by atoms with van der Waals surface area (Å²) in [5, 5.41) is 12.4. The Morgan fingerprint density at radius 2 is 2.03 bits per heavy atom. The maximum atomic E-state index is 13.0. The minimum atomic E-state index is -0.476. The zero-order valence-corrected chi connectivity index (χ0v) is 18.9. The van der Waals surface area contributed by atoms with Crippen molar-refractivity contribution >= 4 is 52.4 Å². The summed E-state index contributed by atoms with van der Waals surface area (Å²) >= 11 is 4.80. The van der Waals surface area contributed by atoms with Crippen molar-refractivity contribution in [1.29, 1.82) is 5.26 Å².